The SMILES string of the molecule is Cc1cc(NC(C)C(C)C(=O)O)ncn1. The molecule has 2 N–H and O–H groups in total. The Morgan fingerprint density at radius 3 is 2.67 bits per heavy atom. The van der Waals surface area contributed by atoms with Gasteiger partial charge in [0.2, 0.25) is 0 Å². The van der Waals surface area contributed by atoms with Crippen LogP contribution in [-0.4, -0.2) is 27.1 Å². The summed E-state index contributed by atoms with van der Waals surface area (Å²) in [6, 6.07) is 1.61. The third-order valence-electron chi connectivity index (χ3n) is 2.32. The zero-order chi connectivity index (χ0) is 11.4. The first-order valence-electron chi connectivity index (χ1n) is 4.78. The van der Waals surface area contributed by atoms with Crippen molar-refractivity contribution in [2.75, 3.05) is 5.32 Å². The largest absolute Gasteiger partial charge is 0.481 e. The molecule has 15 heavy (non-hydrogen) atoms. The van der Waals surface area contributed by atoms with Gasteiger partial charge in [0.05, 0.1) is 5.92 Å². The van der Waals surface area contributed by atoms with Crippen molar-refractivity contribution in [2.45, 2.75) is 26.8 Å². The monoisotopic (exact) mass is 209 g/mol. The molecule has 0 fully saturated rings. The zero-order valence-corrected chi connectivity index (χ0v) is 9.06. The van der Waals surface area contributed by atoms with Gasteiger partial charge < -0.3 is 10.4 Å². The molecule has 0 radical (unpaired) electrons. The lowest BCUT2D eigenvalue weighted by Crippen LogP contribution is -2.30. The van der Waals surface area contributed by atoms with Crippen LogP contribution in [0.3, 0.4) is 0 Å². The van der Waals surface area contributed by atoms with E-state index in [0.29, 0.717) is 5.82 Å². The molecule has 0 aromatic carbocycles. The van der Waals surface area contributed by atoms with Crippen LogP contribution in [0.2, 0.25) is 0 Å². The van der Waals surface area contributed by atoms with Crippen LogP contribution in [0.15, 0.2) is 12.4 Å². The minimum atomic E-state index is -0.819. The molecule has 0 saturated carbocycles. The second-order valence-electron chi connectivity index (χ2n) is 3.60. The number of carboxylic acids is 1. The Morgan fingerprint density at radius 1 is 1.47 bits per heavy atom. The lowest BCUT2D eigenvalue weighted by atomic mass is 10.0. The molecule has 0 aliphatic heterocycles. The number of rotatable bonds is 4. The zero-order valence-electron chi connectivity index (χ0n) is 9.06. The lowest BCUT2D eigenvalue weighted by molar-refractivity contribution is -0.141. The highest BCUT2D eigenvalue weighted by molar-refractivity contribution is 5.71. The fourth-order valence-corrected chi connectivity index (χ4v) is 1.11. The fourth-order valence-electron chi connectivity index (χ4n) is 1.11. The summed E-state index contributed by atoms with van der Waals surface area (Å²) in [6.45, 7) is 5.34. The number of nitrogens with one attached hydrogen (secondary N) is 1. The molecule has 1 aromatic rings. The summed E-state index contributed by atoms with van der Waals surface area (Å²) in [5, 5.41) is 11.8. The number of carbonyl (C=O) groups is 1. The van der Waals surface area contributed by atoms with Crippen LogP contribution in [0, 0.1) is 12.8 Å². The molecule has 5 heteroatoms. The second-order valence-corrected chi connectivity index (χ2v) is 3.60. The average Bonchev–Trinajstić information content (AvgIpc) is 2.16. The van der Waals surface area contributed by atoms with E-state index in [0.717, 1.165) is 5.69 Å². The summed E-state index contributed by atoms with van der Waals surface area (Å²) in [6.07, 6.45) is 1.45. The quantitative estimate of drug-likeness (QED) is 0.781. The molecule has 0 bridgehead atoms. The van der Waals surface area contributed by atoms with Crippen molar-refractivity contribution in [1.82, 2.24) is 9.97 Å². The standard InChI is InChI=1S/C10H15N3O2/c1-6-4-9(12-5-11-6)13-8(3)7(2)10(14)15/h4-5,7-8H,1-3H3,(H,14,15)(H,11,12,13). The van der Waals surface area contributed by atoms with E-state index in [4.69, 9.17) is 5.11 Å². The van der Waals surface area contributed by atoms with Gasteiger partial charge in [0.15, 0.2) is 0 Å². The number of aromatic nitrogens is 2. The van der Waals surface area contributed by atoms with Gasteiger partial charge in [-0.15, -0.1) is 0 Å². The van der Waals surface area contributed by atoms with Crippen molar-refractivity contribution in [3.05, 3.63) is 18.1 Å². The molecule has 0 saturated heterocycles. The van der Waals surface area contributed by atoms with Crippen LogP contribution >= 0.6 is 0 Å². The summed E-state index contributed by atoms with van der Waals surface area (Å²) in [5.41, 5.74) is 0.850. The van der Waals surface area contributed by atoms with Crippen LogP contribution < -0.4 is 5.32 Å². The maximum atomic E-state index is 10.7. The molecule has 0 aliphatic rings. The van der Waals surface area contributed by atoms with Gasteiger partial charge in [0.25, 0.3) is 0 Å². The Morgan fingerprint density at radius 2 is 2.13 bits per heavy atom. The molecule has 2 atom stereocenters. The number of aryl methyl sites for hydroxylation is 1. The predicted octanol–water partition coefficient (Wildman–Crippen LogP) is 1.31. The smallest absolute Gasteiger partial charge is 0.308 e. The minimum absolute atomic E-state index is 0.170. The maximum Gasteiger partial charge on any atom is 0.308 e. The molecule has 0 amide bonds. The van der Waals surface area contributed by atoms with Crippen molar-refractivity contribution in [3.8, 4) is 0 Å². The number of hydrogen-bond acceptors (Lipinski definition) is 4. The van der Waals surface area contributed by atoms with Crippen molar-refractivity contribution in [3.63, 3.8) is 0 Å². The highest BCUT2D eigenvalue weighted by atomic mass is 16.4. The Hall–Kier alpha value is -1.65. The van der Waals surface area contributed by atoms with E-state index in [1.807, 2.05) is 13.8 Å². The predicted molar refractivity (Wildman–Crippen MR) is 56.7 cm³/mol. The Labute approximate surface area is 88.6 Å². The van der Waals surface area contributed by atoms with Crippen molar-refractivity contribution in [1.29, 1.82) is 0 Å². The van der Waals surface area contributed by atoms with E-state index >= 15 is 0 Å². The first-order valence-corrected chi connectivity index (χ1v) is 4.78. The molecule has 1 heterocycles. The van der Waals surface area contributed by atoms with Gasteiger partial charge in [-0.3, -0.25) is 4.79 Å². The summed E-state index contributed by atoms with van der Waals surface area (Å²) >= 11 is 0. The summed E-state index contributed by atoms with van der Waals surface area (Å²) in [7, 11) is 0. The van der Waals surface area contributed by atoms with E-state index in [1.165, 1.54) is 6.33 Å². The molecule has 1 aromatic heterocycles. The molecule has 1 rings (SSSR count). The number of hydrogen-bond donors (Lipinski definition) is 2. The first-order chi connectivity index (χ1) is 7.00. The molecule has 82 valence electrons. The van der Waals surface area contributed by atoms with Crippen LogP contribution in [0.4, 0.5) is 5.82 Å². The van der Waals surface area contributed by atoms with Crippen LogP contribution in [0.5, 0.6) is 0 Å². The van der Waals surface area contributed by atoms with E-state index in [9.17, 15) is 4.79 Å². The highest BCUT2D eigenvalue weighted by Crippen LogP contribution is 2.10. The van der Waals surface area contributed by atoms with Gasteiger partial charge >= 0.3 is 5.97 Å². The summed E-state index contributed by atoms with van der Waals surface area (Å²) in [5.74, 6) is -0.621. The second kappa shape index (κ2) is 4.72. The Balaban J connectivity index is 2.66. The van der Waals surface area contributed by atoms with Crippen LogP contribution in [0.1, 0.15) is 19.5 Å². The van der Waals surface area contributed by atoms with E-state index in [2.05, 4.69) is 15.3 Å². The summed E-state index contributed by atoms with van der Waals surface area (Å²) in [4.78, 5) is 18.7. The van der Waals surface area contributed by atoms with Crippen molar-refractivity contribution in [2.24, 2.45) is 5.92 Å². The maximum absolute atomic E-state index is 10.7. The van der Waals surface area contributed by atoms with Crippen molar-refractivity contribution >= 4 is 11.8 Å². The lowest BCUT2D eigenvalue weighted by Gasteiger charge is -2.18. The van der Waals surface area contributed by atoms with Gasteiger partial charge in [-0.2, -0.15) is 0 Å². The molecule has 5 nitrogen and oxygen atoms in total. The normalized spacial score (nSPS) is 14.3. The molecule has 0 spiro atoms. The van der Waals surface area contributed by atoms with Gasteiger partial charge in [0.1, 0.15) is 12.1 Å². The average molecular weight is 209 g/mol. The van der Waals surface area contributed by atoms with Gasteiger partial charge in [-0.1, -0.05) is 0 Å². The van der Waals surface area contributed by atoms with Crippen LogP contribution in [0.25, 0.3) is 0 Å². The van der Waals surface area contributed by atoms with Gasteiger partial charge in [0, 0.05) is 17.8 Å². The van der Waals surface area contributed by atoms with Crippen LogP contribution in [-0.2, 0) is 4.79 Å². The third-order valence-corrected chi connectivity index (χ3v) is 2.32. The van der Waals surface area contributed by atoms with E-state index < -0.39 is 11.9 Å². The first kappa shape index (κ1) is 11.4. The minimum Gasteiger partial charge on any atom is -0.481 e. The number of nitrogens with zero attached hydrogens (tertiary/aromatic N) is 2. The highest BCUT2D eigenvalue weighted by Gasteiger charge is 2.19. The fraction of sp³-hybridized carbons (Fsp3) is 0.500. The third kappa shape index (κ3) is 3.19. The number of carboxylic acid groups (broad SMARTS) is 1. The Kier molecular flexibility index (Phi) is 3.60. The van der Waals surface area contributed by atoms with Crippen molar-refractivity contribution < 1.29 is 9.90 Å². The van der Waals surface area contributed by atoms with E-state index in [1.54, 1.807) is 13.0 Å². The molecule has 0 aliphatic carbocycles. The molecule has 2 unspecified atom stereocenters. The van der Waals surface area contributed by atoms with Gasteiger partial charge in [-0.05, 0) is 20.8 Å². The topological polar surface area (TPSA) is 75.1 Å². The number of aliphatic carboxylic acids is 1. The summed E-state index contributed by atoms with van der Waals surface area (Å²) < 4.78 is 0. The Bertz CT molecular complexity index is 354. The van der Waals surface area contributed by atoms with E-state index in [-0.39, 0.29) is 6.04 Å². The molecular weight excluding hydrogens is 194 g/mol. The molecular formula is C10H15N3O2. The van der Waals surface area contributed by atoms with Gasteiger partial charge in [-0.25, -0.2) is 9.97 Å². The number of anilines is 1.